The maximum atomic E-state index is 12.0. The quantitative estimate of drug-likeness (QED) is 0.0786. The summed E-state index contributed by atoms with van der Waals surface area (Å²) >= 11 is 0. The van der Waals surface area contributed by atoms with E-state index in [-0.39, 0.29) is 29.9 Å². The van der Waals surface area contributed by atoms with Crippen LogP contribution in [-0.4, -0.2) is 47.1 Å². The van der Waals surface area contributed by atoms with Gasteiger partial charge in [0.25, 0.3) is 0 Å². The summed E-state index contributed by atoms with van der Waals surface area (Å²) in [5.74, 6) is -0.620. The highest BCUT2D eigenvalue weighted by atomic mass is 16.5. The number of aliphatic hydroxyl groups is 2. The van der Waals surface area contributed by atoms with Crippen molar-refractivity contribution in [2.75, 3.05) is 6.61 Å². The highest BCUT2D eigenvalue weighted by molar-refractivity contribution is 5.69. The first kappa shape index (κ1) is 35.1. The average molecular weight is 549 g/mol. The van der Waals surface area contributed by atoms with Crippen molar-refractivity contribution in [2.45, 2.75) is 141 Å². The molecule has 1 aliphatic carbocycles. The molecule has 39 heavy (non-hydrogen) atoms. The maximum Gasteiger partial charge on any atom is 0.305 e. The lowest BCUT2D eigenvalue weighted by Crippen LogP contribution is -2.24. The Morgan fingerprint density at radius 1 is 0.949 bits per heavy atom. The molecule has 6 nitrogen and oxygen atoms in total. The van der Waals surface area contributed by atoms with Crippen molar-refractivity contribution in [3.63, 3.8) is 0 Å². The van der Waals surface area contributed by atoms with Crippen LogP contribution in [0.15, 0.2) is 37.0 Å². The number of esters is 2. The lowest BCUT2D eigenvalue weighted by Gasteiger charge is -2.22. The van der Waals surface area contributed by atoms with E-state index in [9.17, 15) is 19.8 Å². The van der Waals surface area contributed by atoms with Gasteiger partial charge in [-0.05, 0) is 50.9 Å². The second-order valence-corrected chi connectivity index (χ2v) is 10.9. The Morgan fingerprint density at radius 3 is 2.41 bits per heavy atom. The van der Waals surface area contributed by atoms with Gasteiger partial charge in [0.2, 0.25) is 0 Å². The van der Waals surface area contributed by atoms with Gasteiger partial charge < -0.3 is 19.7 Å². The first-order chi connectivity index (χ1) is 18.9. The predicted octanol–water partition coefficient (Wildman–Crippen LogP) is 7.38. The van der Waals surface area contributed by atoms with Crippen LogP contribution in [0.3, 0.4) is 0 Å². The first-order valence-electron chi connectivity index (χ1n) is 15.6. The summed E-state index contributed by atoms with van der Waals surface area (Å²) < 4.78 is 11.0. The SMILES string of the molecule is C=CCCCCCCCCOC(=O)CCC/C=C\C[C@@H]1[C@@H](/C=C/[C@@H](O)CCCCC)[C@H](OC(=O)CC)C[C@@H]1O. The summed E-state index contributed by atoms with van der Waals surface area (Å²) in [5.41, 5.74) is 0. The average Bonchev–Trinajstić information content (AvgIpc) is 3.21. The molecular weight excluding hydrogens is 492 g/mol. The molecule has 224 valence electrons. The molecule has 5 atom stereocenters. The van der Waals surface area contributed by atoms with Gasteiger partial charge in [0.05, 0.1) is 18.8 Å². The molecule has 0 saturated heterocycles. The molecule has 1 rings (SSSR count). The van der Waals surface area contributed by atoms with E-state index in [1.807, 2.05) is 12.2 Å². The lowest BCUT2D eigenvalue weighted by molar-refractivity contribution is -0.150. The van der Waals surface area contributed by atoms with Crippen molar-refractivity contribution < 1.29 is 29.3 Å². The Labute approximate surface area is 237 Å². The monoisotopic (exact) mass is 548 g/mol. The fourth-order valence-electron chi connectivity index (χ4n) is 5.11. The van der Waals surface area contributed by atoms with Crippen molar-refractivity contribution in [2.24, 2.45) is 11.8 Å². The number of ether oxygens (including phenoxy) is 2. The third kappa shape index (κ3) is 16.7. The Bertz CT molecular complexity index is 715. The van der Waals surface area contributed by atoms with Gasteiger partial charge in [-0.2, -0.15) is 0 Å². The molecule has 1 aliphatic rings. The van der Waals surface area contributed by atoms with E-state index < -0.39 is 12.2 Å². The minimum Gasteiger partial charge on any atom is -0.466 e. The number of rotatable bonds is 23. The summed E-state index contributed by atoms with van der Waals surface area (Å²) in [6.07, 6.45) is 23.5. The van der Waals surface area contributed by atoms with Gasteiger partial charge in [0, 0.05) is 25.2 Å². The number of hydrogen-bond donors (Lipinski definition) is 2. The number of aliphatic hydroxyl groups excluding tert-OH is 2. The molecule has 0 radical (unpaired) electrons. The Morgan fingerprint density at radius 2 is 1.69 bits per heavy atom. The van der Waals surface area contributed by atoms with Crippen molar-refractivity contribution in [3.8, 4) is 0 Å². The number of allylic oxidation sites excluding steroid dienone is 3. The highest BCUT2D eigenvalue weighted by Gasteiger charge is 2.42. The molecular formula is C33H56O6. The highest BCUT2D eigenvalue weighted by Crippen LogP contribution is 2.38. The minimum absolute atomic E-state index is 0.0815. The molecule has 0 aliphatic heterocycles. The van der Waals surface area contributed by atoms with E-state index in [1.165, 1.54) is 25.7 Å². The van der Waals surface area contributed by atoms with E-state index in [0.717, 1.165) is 51.4 Å². The summed E-state index contributed by atoms with van der Waals surface area (Å²) in [5, 5.41) is 21.1. The molecule has 0 aromatic carbocycles. The third-order valence-electron chi connectivity index (χ3n) is 7.51. The van der Waals surface area contributed by atoms with Gasteiger partial charge >= 0.3 is 11.9 Å². The van der Waals surface area contributed by atoms with Crippen LogP contribution in [0.1, 0.15) is 123 Å². The third-order valence-corrected chi connectivity index (χ3v) is 7.51. The van der Waals surface area contributed by atoms with Crippen LogP contribution in [0, 0.1) is 11.8 Å². The summed E-state index contributed by atoms with van der Waals surface area (Å²) in [4.78, 5) is 23.9. The molecule has 0 heterocycles. The van der Waals surface area contributed by atoms with Gasteiger partial charge in [0.1, 0.15) is 6.10 Å². The zero-order valence-electron chi connectivity index (χ0n) is 24.7. The maximum absolute atomic E-state index is 12.0. The molecule has 0 bridgehead atoms. The summed E-state index contributed by atoms with van der Waals surface area (Å²) in [6, 6.07) is 0. The number of carbonyl (C=O) groups is 2. The zero-order valence-corrected chi connectivity index (χ0v) is 24.7. The smallest absolute Gasteiger partial charge is 0.305 e. The van der Waals surface area contributed by atoms with Crippen LogP contribution in [0.2, 0.25) is 0 Å². The van der Waals surface area contributed by atoms with Gasteiger partial charge in [0.15, 0.2) is 0 Å². The van der Waals surface area contributed by atoms with Crippen molar-refractivity contribution in [1.29, 1.82) is 0 Å². The van der Waals surface area contributed by atoms with Gasteiger partial charge in [-0.15, -0.1) is 6.58 Å². The fourth-order valence-corrected chi connectivity index (χ4v) is 5.11. The van der Waals surface area contributed by atoms with Crippen molar-refractivity contribution in [3.05, 3.63) is 37.0 Å². The van der Waals surface area contributed by atoms with Crippen LogP contribution < -0.4 is 0 Å². The van der Waals surface area contributed by atoms with Crippen LogP contribution in [0.25, 0.3) is 0 Å². The molecule has 2 N–H and O–H groups in total. The number of carbonyl (C=O) groups excluding carboxylic acids is 2. The molecule has 0 aromatic rings. The van der Waals surface area contributed by atoms with Crippen LogP contribution in [-0.2, 0) is 19.1 Å². The van der Waals surface area contributed by atoms with Crippen molar-refractivity contribution >= 4 is 11.9 Å². The second kappa shape index (κ2) is 22.9. The van der Waals surface area contributed by atoms with Gasteiger partial charge in [-0.25, -0.2) is 0 Å². The van der Waals surface area contributed by atoms with Crippen LogP contribution in [0.5, 0.6) is 0 Å². The van der Waals surface area contributed by atoms with Crippen LogP contribution >= 0.6 is 0 Å². The number of hydrogen-bond acceptors (Lipinski definition) is 6. The lowest BCUT2D eigenvalue weighted by atomic mass is 9.89. The Kier molecular flexibility index (Phi) is 20.6. The number of unbranched alkanes of at least 4 members (excludes halogenated alkanes) is 9. The Hall–Kier alpha value is -1.92. The summed E-state index contributed by atoms with van der Waals surface area (Å²) in [6.45, 7) is 8.15. The molecule has 6 heteroatoms. The largest absolute Gasteiger partial charge is 0.466 e. The van der Waals surface area contributed by atoms with E-state index in [4.69, 9.17) is 9.47 Å². The molecule has 0 unspecified atom stereocenters. The van der Waals surface area contributed by atoms with Crippen LogP contribution in [0.4, 0.5) is 0 Å². The van der Waals surface area contributed by atoms with E-state index in [0.29, 0.717) is 38.7 Å². The molecule has 1 fully saturated rings. The second-order valence-electron chi connectivity index (χ2n) is 10.9. The molecule has 1 saturated carbocycles. The van der Waals surface area contributed by atoms with E-state index in [2.05, 4.69) is 25.7 Å². The normalized spacial score (nSPS) is 21.9. The molecule has 0 aromatic heterocycles. The first-order valence-corrected chi connectivity index (χ1v) is 15.6. The summed E-state index contributed by atoms with van der Waals surface area (Å²) in [7, 11) is 0. The van der Waals surface area contributed by atoms with Crippen molar-refractivity contribution in [1.82, 2.24) is 0 Å². The minimum atomic E-state index is -0.571. The predicted molar refractivity (Wildman–Crippen MR) is 158 cm³/mol. The van der Waals surface area contributed by atoms with Gasteiger partial charge in [-0.1, -0.05) is 89.2 Å². The Balaban J connectivity index is 2.38. The standard InChI is InChI=1S/C33H56O6/c1-4-7-9-10-11-12-15-19-25-38-33(37)22-18-14-13-17-21-28-29(24-23-27(34)20-16-8-5-2)31(26-30(28)35)39-32(36)6-3/h4,13,17,23-24,27-31,34-35H,1,5-12,14-16,18-22,25-26H2,2-3H3/b17-13-,24-23+/t27-,28+,29+,30-,31+/m0/s1. The molecule has 0 amide bonds. The van der Waals surface area contributed by atoms with E-state index >= 15 is 0 Å². The molecule has 0 spiro atoms. The fraction of sp³-hybridized carbons (Fsp3) is 0.758. The van der Waals surface area contributed by atoms with Gasteiger partial charge in [-0.3, -0.25) is 9.59 Å². The zero-order chi connectivity index (χ0) is 28.7. The topological polar surface area (TPSA) is 93.1 Å². The van der Waals surface area contributed by atoms with E-state index in [1.54, 1.807) is 13.0 Å².